The van der Waals surface area contributed by atoms with Crippen molar-refractivity contribution in [2.75, 3.05) is 31.1 Å². The van der Waals surface area contributed by atoms with E-state index in [1.54, 1.807) is 0 Å². The molecule has 3 rings (SSSR count). The summed E-state index contributed by atoms with van der Waals surface area (Å²) in [6.07, 6.45) is 2.00. The summed E-state index contributed by atoms with van der Waals surface area (Å²) in [7, 11) is 0. The number of rotatable bonds is 2. The summed E-state index contributed by atoms with van der Waals surface area (Å²) in [6, 6.07) is 4.33. The van der Waals surface area contributed by atoms with Gasteiger partial charge in [-0.15, -0.1) is 0 Å². The lowest BCUT2D eigenvalue weighted by atomic mass is 9.70. The number of piperazine rings is 1. The van der Waals surface area contributed by atoms with Crippen molar-refractivity contribution < 1.29 is 0 Å². The van der Waals surface area contributed by atoms with Gasteiger partial charge in [0.1, 0.15) is 5.82 Å². The van der Waals surface area contributed by atoms with Crippen LogP contribution in [-0.4, -0.2) is 49.2 Å². The van der Waals surface area contributed by atoms with Gasteiger partial charge in [-0.05, 0) is 39.2 Å². The van der Waals surface area contributed by atoms with E-state index in [4.69, 9.17) is 0 Å². The van der Waals surface area contributed by atoms with E-state index >= 15 is 0 Å². The van der Waals surface area contributed by atoms with Crippen LogP contribution in [0.3, 0.4) is 0 Å². The van der Waals surface area contributed by atoms with Crippen LogP contribution in [-0.2, 0) is 0 Å². The Kier molecular flexibility index (Phi) is 3.72. The maximum Gasteiger partial charge on any atom is 0.343 e. The molecule has 0 spiro atoms. The molecule has 5 nitrogen and oxygen atoms in total. The minimum Gasteiger partial charge on any atom is -0.354 e. The molecule has 0 aliphatic carbocycles. The topological polar surface area (TPSA) is 52.2 Å². The van der Waals surface area contributed by atoms with E-state index in [1.165, 1.54) is 5.46 Å². The van der Waals surface area contributed by atoms with Crippen molar-refractivity contribution in [1.82, 2.24) is 20.8 Å². The van der Waals surface area contributed by atoms with Crippen molar-refractivity contribution in [1.29, 1.82) is 0 Å². The third kappa shape index (κ3) is 2.80. The fourth-order valence-corrected chi connectivity index (χ4v) is 2.93. The fraction of sp³-hybridized carbons (Fsp3) is 0.667. The largest absolute Gasteiger partial charge is 0.354 e. The molecule has 0 atom stereocenters. The number of nitrogens with one attached hydrogen (secondary N) is 3. The predicted molar refractivity (Wildman–Crippen MR) is 89.1 cm³/mol. The molecule has 1 aromatic heterocycles. The van der Waals surface area contributed by atoms with Gasteiger partial charge in [-0.2, -0.15) is 0 Å². The Morgan fingerprint density at radius 1 is 1.05 bits per heavy atom. The third-order valence-electron chi connectivity index (χ3n) is 5.12. The van der Waals surface area contributed by atoms with E-state index in [9.17, 15) is 0 Å². The molecule has 2 aliphatic rings. The molecule has 0 aromatic carbocycles. The van der Waals surface area contributed by atoms with Gasteiger partial charge in [-0.3, -0.25) is 0 Å². The molecule has 1 aromatic rings. The zero-order chi connectivity index (χ0) is 15.1. The molecule has 0 saturated carbocycles. The van der Waals surface area contributed by atoms with Crippen LogP contribution in [0.2, 0.25) is 0 Å². The van der Waals surface area contributed by atoms with Crippen LogP contribution in [0.1, 0.15) is 27.7 Å². The first kappa shape index (κ1) is 14.8. The Balaban J connectivity index is 1.73. The maximum absolute atomic E-state index is 4.66. The zero-order valence-corrected chi connectivity index (χ0v) is 13.5. The van der Waals surface area contributed by atoms with Crippen molar-refractivity contribution >= 4 is 18.3 Å². The Morgan fingerprint density at radius 3 is 2.19 bits per heavy atom. The van der Waals surface area contributed by atoms with Crippen LogP contribution in [0.25, 0.3) is 0 Å². The van der Waals surface area contributed by atoms with Gasteiger partial charge in [-0.1, -0.05) is 6.07 Å². The molecule has 2 fully saturated rings. The van der Waals surface area contributed by atoms with E-state index in [0.717, 1.165) is 32.0 Å². The van der Waals surface area contributed by atoms with Gasteiger partial charge in [-0.25, -0.2) is 4.98 Å². The second-order valence-electron chi connectivity index (χ2n) is 7.16. The van der Waals surface area contributed by atoms with Crippen LogP contribution in [0, 0.1) is 0 Å². The molecule has 3 N–H and O–H groups in total. The van der Waals surface area contributed by atoms with Gasteiger partial charge in [0.2, 0.25) is 0 Å². The summed E-state index contributed by atoms with van der Waals surface area (Å²) in [5.74, 6) is 1.08. The van der Waals surface area contributed by atoms with Crippen molar-refractivity contribution in [2.24, 2.45) is 0 Å². The molecule has 6 heteroatoms. The van der Waals surface area contributed by atoms with E-state index in [0.29, 0.717) is 0 Å². The van der Waals surface area contributed by atoms with Crippen LogP contribution in [0.15, 0.2) is 18.3 Å². The molecule has 0 unspecified atom stereocenters. The standard InChI is InChI=1S/C15H26BN5/c1-14(2)15(3,4)20-16(19-14)12-5-6-13(18-11-12)21-9-7-17-8-10-21/h5-6,11,17,19-20H,7-10H2,1-4H3. The number of hydrogen-bond donors (Lipinski definition) is 3. The molecule has 3 heterocycles. The second kappa shape index (κ2) is 5.27. The van der Waals surface area contributed by atoms with Crippen LogP contribution < -0.4 is 26.1 Å². The van der Waals surface area contributed by atoms with Crippen molar-refractivity contribution in [3.8, 4) is 0 Å². The molecule has 0 radical (unpaired) electrons. The SMILES string of the molecule is CC1(C)NB(c2ccc(N3CCNCC3)nc2)NC1(C)C. The summed E-state index contributed by atoms with van der Waals surface area (Å²) in [6.45, 7) is 13.3. The minimum absolute atomic E-state index is 0.0505. The van der Waals surface area contributed by atoms with Gasteiger partial charge >= 0.3 is 6.98 Å². The normalized spacial score (nSPS) is 24.4. The van der Waals surface area contributed by atoms with Crippen molar-refractivity contribution in [3.63, 3.8) is 0 Å². The number of hydrogen-bond acceptors (Lipinski definition) is 5. The van der Waals surface area contributed by atoms with Gasteiger partial charge in [0.05, 0.1) is 0 Å². The summed E-state index contributed by atoms with van der Waals surface area (Å²) in [5, 5.41) is 10.7. The quantitative estimate of drug-likeness (QED) is 0.665. The van der Waals surface area contributed by atoms with E-state index < -0.39 is 0 Å². The van der Waals surface area contributed by atoms with Crippen LogP contribution in [0.5, 0.6) is 0 Å². The third-order valence-corrected chi connectivity index (χ3v) is 5.12. The summed E-state index contributed by atoms with van der Waals surface area (Å²) < 4.78 is 0. The van der Waals surface area contributed by atoms with E-state index in [2.05, 4.69) is 65.5 Å². The monoisotopic (exact) mass is 287 g/mol. The molecular weight excluding hydrogens is 261 g/mol. The van der Waals surface area contributed by atoms with Gasteiger partial charge in [0, 0.05) is 43.5 Å². The Labute approximate surface area is 128 Å². The van der Waals surface area contributed by atoms with Gasteiger partial charge in [0.15, 0.2) is 0 Å². The average molecular weight is 287 g/mol. The number of nitrogens with zero attached hydrogens (tertiary/aromatic N) is 2. The average Bonchev–Trinajstić information content (AvgIpc) is 2.69. The molecule has 21 heavy (non-hydrogen) atoms. The summed E-state index contributed by atoms with van der Waals surface area (Å²) in [4.78, 5) is 7.00. The molecule has 2 saturated heterocycles. The first-order chi connectivity index (χ1) is 9.89. The lowest BCUT2D eigenvalue weighted by Gasteiger charge is -2.34. The summed E-state index contributed by atoms with van der Waals surface area (Å²) in [5.41, 5.74) is 1.30. The minimum atomic E-state index is 0.0505. The molecule has 2 aliphatic heterocycles. The molecule has 0 amide bonds. The first-order valence-corrected chi connectivity index (χ1v) is 7.86. The fourth-order valence-electron chi connectivity index (χ4n) is 2.93. The van der Waals surface area contributed by atoms with Crippen LogP contribution >= 0.6 is 0 Å². The second-order valence-corrected chi connectivity index (χ2v) is 7.16. The summed E-state index contributed by atoms with van der Waals surface area (Å²) >= 11 is 0. The highest BCUT2D eigenvalue weighted by molar-refractivity contribution is 6.69. The number of aromatic nitrogens is 1. The Hall–Kier alpha value is -1.11. The lowest BCUT2D eigenvalue weighted by Crippen LogP contribution is -2.52. The molecular formula is C15H26BN5. The predicted octanol–water partition coefficient (Wildman–Crippen LogP) is -0.0636. The van der Waals surface area contributed by atoms with Crippen molar-refractivity contribution in [2.45, 2.75) is 38.8 Å². The van der Waals surface area contributed by atoms with E-state index in [1.807, 2.05) is 6.20 Å². The smallest absolute Gasteiger partial charge is 0.343 e. The zero-order valence-electron chi connectivity index (χ0n) is 13.5. The highest BCUT2D eigenvalue weighted by Crippen LogP contribution is 2.25. The van der Waals surface area contributed by atoms with Crippen molar-refractivity contribution in [3.05, 3.63) is 18.3 Å². The molecule has 0 bridgehead atoms. The Bertz CT molecular complexity index is 477. The number of anilines is 1. The van der Waals surface area contributed by atoms with Gasteiger partial charge in [0.25, 0.3) is 0 Å². The van der Waals surface area contributed by atoms with E-state index in [-0.39, 0.29) is 18.1 Å². The number of pyridine rings is 1. The Morgan fingerprint density at radius 2 is 1.67 bits per heavy atom. The maximum atomic E-state index is 4.66. The van der Waals surface area contributed by atoms with Gasteiger partial charge < -0.3 is 20.7 Å². The highest BCUT2D eigenvalue weighted by Gasteiger charge is 2.47. The molecule has 114 valence electrons. The lowest BCUT2D eigenvalue weighted by molar-refractivity contribution is 0.295. The highest BCUT2D eigenvalue weighted by atomic mass is 15.2. The first-order valence-electron chi connectivity index (χ1n) is 7.86. The van der Waals surface area contributed by atoms with Crippen LogP contribution in [0.4, 0.5) is 5.82 Å².